The van der Waals surface area contributed by atoms with E-state index in [1.54, 1.807) is 7.11 Å². The maximum atomic E-state index is 11.9. The van der Waals surface area contributed by atoms with Crippen molar-refractivity contribution in [2.75, 3.05) is 20.3 Å². The van der Waals surface area contributed by atoms with Crippen molar-refractivity contribution in [1.29, 1.82) is 0 Å². The summed E-state index contributed by atoms with van der Waals surface area (Å²) in [5.41, 5.74) is -0.364. The first-order chi connectivity index (χ1) is 8.98. The monoisotopic (exact) mass is 272 g/mol. The van der Waals surface area contributed by atoms with E-state index in [1.807, 2.05) is 13.8 Å². The van der Waals surface area contributed by atoms with Gasteiger partial charge < -0.3 is 20.5 Å². The van der Waals surface area contributed by atoms with Crippen LogP contribution in [0.4, 0.5) is 4.79 Å². The second-order valence-corrected chi connectivity index (χ2v) is 5.98. The van der Waals surface area contributed by atoms with Crippen molar-refractivity contribution in [1.82, 2.24) is 10.6 Å². The number of aliphatic hydroxyl groups excluding tert-OH is 1. The number of carbonyl (C=O) groups excluding carboxylic acids is 1. The van der Waals surface area contributed by atoms with Gasteiger partial charge in [-0.05, 0) is 26.7 Å². The first-order valence-electron chi connectivity index (χ1n) is 7.19. The number of nitrogens with one attached hydrogen (secondary N) is 2. The van der Waals surface area contributed by atoms with Gasteiger partial charge in [-0.15, -0.1) is 0 Å². The molecule has 1 aliphatic rings. The van der Waals surface area contributed by atoms with E-state index in [0.717, 1.165) is 25.7 Å². The molecule has 3 N–H and O–H groups in total. The van der Waals surface area contributed by atoms with Gasteiger partial charge >= 0.3 is 6.03 Å². The molecule has 0 aromatic rings. The average molecular weight is 272 g/mol. The molecule has 0 bridgehead atoms. The minimum absolute atomic E-state index is 0.0816. The Morgan fingerprint density at radius 2 is 2.00 bits per heavy atom. The lowest BCUT2D eigenvalue weighted by Gasteiger charge is -2.27. The van der Waals surface area contributed by atoms with E-state index in [9.17, 15) is 9.90 Å². The summed E-state index contributed by atoms with van der Waals surface area (Å²) >= 11 is 0. The number of ether oxygens (including phenoxy) is 1. The molecule has 1 rings (SSSR count). The van der Waals surface area contributed by atoms with E-state index in [1.165, 1.54) is 6.42 Å². The summed E-state index contributed by atoms with van der Waals surface area (Å²) in [6, 6.07) is -0.0892. The van der Waals surface area contributed by atoms with Gasteiger partial charge in [0.15, 0.2) is 0 Å². The maximum Gasteiger partial charge on any atom is 0.315 e. The highest BCUT2D eigenvalue weighted by molar-refractivity contribution is 5.74. The van der Waals surface area contributed by atoms with Gasteiger partial charge in [0, 0.05) is 32.2 Å². The molecular formula is C14H28N2O3. The van der Waals surface area contributed by atoms with Crippen LogP contribution in [-0.2, 0) is 4.74 Å². The normalized spacial score (nSPS) is 24.6. The van der Waals surface area contributed by atoms with E-state index in [0.29, 0.717) is 6.54 Å². The van der Waals surface area contributed by atoms with E-state index in [2.05, 4.69) is 10.6 Å². The van der Waals surface area contributed by atoms with Crippen molar-refractivity contribution >= 4 is 6.03 Å². The summed E-state index contributed by atoms with van der Waals surface area (Å²) in [7, 11) is 1.63. The molecule has 1 fully saturated rings. The molecule has 5 nitrogen and oxygen atoms in total. The van der Waals surface area contributed by atoms with Crippen LogP contribution in [-0.4, -0.2) is 43.0 Å². The van der Waals surface area contributed by atoms with Gasteiger partial charge in [0.1, 0.15) is 0 Å². The van der Waals surface area contributed by atoms with Crippen molar-refractivity contribution in [2.24, 2.45) is 5.92 Å². The molecule has 2 unspecified atom stereocenters. The smallest absolute Gasteiger partial charge is 0.315 e. The molecule has 0 heterocycles. The molecule has 1 aliphatic carbocycles. The van der Waals surface area contributed by atoms with Gasteiger partial charge in [-0.25, -0.2) is 4.79 Å². The molecule has 112 valence electrons. The maximum absolute atomic E-state index is 11.9. The number of urea groups is 1. The quantitative estimate of drug-likeness (QED) is 0.666. The number of carbonyl (C=O) groups is 1. The topological polar surface area (TPSA) is 70.6 Å². The summed E-state index contributed by atoms with van der Waals surface area (Å²) in [5, 5.41) is 15.2. The highest BCUT2D eigenvalue weighted by Gasteiger charge is 2.25. The first kappa shape index (κ1) is 16.2. The van der Waals surface area contributed by atoms with Crippen molar-refractivity contribution in [3.05, 3.63) is 0 Å². The zero-order chi connectivity index (χ0) is 14.3. The standard InChI is InChI=1S/C14H28N2O3/c1-14(2,19-3)10-15-13(18)16-12-8-6-4-5-7-11(12)9-17/h11-12,17H,4-10H2,1-3H3,(H2,15,16,18). The Morgan fingerprint density at radius 3 is 2.63 bits per heavy atom. The number of methoxy groups -OCH3 is 1. The van der Waals surface area contributed by atoms with Crippen molar-refractivity contribution in [2.45, 2.75) is 57.6 Å². The van der Waals surface area contributed by atoms with Crippen LogP contribution in [0.25, 0.3) is 0 Å². The van der Waals surface area contributed by atoms with E-state index in [-0.39, 0.29) is 30.2 Å². The van der Waals surface area contributed by atoms with Gasteiger partial charge in [0.2, 0.25) is 0 Å². The lowest BCUT2D eigenvalue weighted by molar-refractivity contribution is 0.0252. The second-order valence-electron chi connectivity index (χ2n) is 5.98. The molecule has 1 saturated carbocycles. The van der Waals surface area contributed by atoms with E-state index >= 15 is 0 Å². The Balaban J connectivity index is 2.41. The Kier molecular flexibility index (Phi) is 6.58. The van der Waals surface area contributed by atoms with E-state index < -0.39 is 0 Å². The van der Waals surface area contributed by atoms with Crippen LogP contribution >= 0.6 is 0 Å². The highest BCUT2D eigenvalue weighted by Crippen LogP contribution is 2.23. The van der Waals surface area contributed by atoms with Gasteiger partial charge in [-0.2, -0.15) is 0 Å². The van der Waals surface area contributed by atoms with E-state index in [4.69, 9.17) is 4.74 Å². The third kappa shape index (κ3) is 5.78. The molecule has 2 amide bonds. The van der Waals surface area contributed by atoms with Crippen LogP contribution in [0.2, 0.25) is 0 Å². The Bertz CT molecular complexity index is 282. The summed E-state index contributed by atoms with van der Waals surface area (Å²) in [4.78, 5) is 11.9. The average Bonchev–Trinajstić information content (AvgIpc) is 2.61. The largest absolute Gasteiger partial charge is 0.396 e. The lowest BCUT2D eigenvalue weighted by atomic mass is 9.96. The molecule has 5 heteroatoms. The minimum atomic E-state index is -0.364. The predicted molar refractivity (Wildman–Crippen MR) is 75.1 cm³/mol. The Hall–Kier alpha value is -0.810. The number of aliphatic hydroxyl groups is 1. The summed E-state index contributed by atoms with van der Waals surface area (Å²) < 4.78 is 5.26. The third-order valence-corrected chi connectivity index (χ3v) is 3.94. The van der Waals surface area contributed by atoms with Crippen LogP contribution < -0.4 is 10.6 Å². The molecular weight excluding hydrogens is 244 g/mol. The predicted octanol–water partition coefficient (Wildman–Crippen LogP) is 1.65. The SMILES string of the molecule is COC(C)(C)CNC(=O)NC1CCCCCC1CO. The second kappa shape index (κ2) is 7.70. The zero-order valence-electron chi connectivity index (χ0n) is 12.4. The van der Waals surface area contributed by atoms with Gasteiger partial charge in [-0.3, -0.25) is 0 Å². The zero-order valence-corrected chi connectivity index (χ0v) is 12.4. The van der Waals surface area contributed by atoms with Crippen LogP contribution in [0, 0.1) is 5.92 Å². The van der Waals surface area contributed by atoms with Gasteiger partial charge in [0.25, 0.3) is 0 Å². The van der Waals surface area contributed by atoms with Crippen molar-refractivity contribution in [3.63, 3.8) is 0 Å². The summed E-state index contributed by atoms with van der Waals surface area (Å²) in [5.74, 6) is 0.184. The number of hydrogen-bond donors (Lipinski definition) is 3. The van der Waals surface area contributed by atoms with Crippen LogP contribution in [0.3, 0.4) is 0 Å². The molecule has 0 saturated heterocycles. The molecule has 0 radical (unpaired) electrons. The molecule has 2 atom stereocenters. The number of amides is 2. The summed E-state index contributed by atoms with van der Waals surface area (Å²) in [6.45, 7) is 4.46. The fourth-order valence-corrected chi connectivity index (χ4v) is 2.38. The molecule has 0 aromatic carbocycles. The molecule has 0 aromatic heterocycles. The van der Waals surface area contributed by atoms with Gasteiger partial charge in [0.05, 0.1) is 5.60 Å². The van der Waals surface area contributed by atoms with Crippen LogP contribution in [0.5, 0.6) is 0 Å². The fraction of sp³-hybridized carbons (Fsp3) is 0.929. The van der Waals surface area contributed by atoms with Crippen molar-refractivity contribution < 1.29 is 14.6 Å². The van der Waals surface area contributed by atoms with Crippen LogP contribution in [0.15, 0.2) is 0 Å². The van der Waals surface area contributed by atoms with Gasteiger partial charge in [-0.1, -0.05) is 19.3 Å². The summed E-state index contributed by atoms with van der Waals surface area (Å²) in [6.07, 6.45) is 5.39. The number of hydrogen-bond acceptors (Lipinski definition) is 3. The lowest BCUT2D eigenvalue weighted by Crippen LogP contribution is -2.49. The third-order valence-electron chi connectivity index (χ3n) is 3.94. The molecule has 19 heavy (non-hydrogen) atoms. The molecule has 0 spiro atoms. The van der Waals surface area contributed by atoms with Crippen molar-refractivity contribution in [3.8, 4) is 0 Å². The fourth-order valence-electron chi connectivity index (χ4n) is 2.38. The van der Waals surface area contributed by atoms with Crippen LogP contribution in [0.1, 0.15) is 46.0 Å². The highest BCUT2D eigenvalue weighted by atomic mass is 16.5. The first-order valence-corrected chi connectivity index (χ1v) is 7.19. The molecule has 0 aliphatic heterocycles. The Labute approximate surface area is 116 Å². The Morgan fingerprint density at radius 1 is 1.32 bits per heavy atom. The minimum Gasteiger partial charge on any atom is -0.396 e. The number of rotatable bonds is 5.